The first-order valence-corrected chi connectivity index (χ1v) is 8.30. The van der Waals surface area contributed by atoms with Crippen molar-refractivity contribution in [2.75, 3.05) is 0 Å². The predicted molar refractivity (Wildman–Crippen MR) is 90.6 cm³/mol. The molecular weight excluding hydrogens is 304 g/mol. The third kappa shape index (κ3) is 2.58. The minimum absolute atomic E-state index is 0.184. The van der Waals surface area contributed by atoms with Gasteiger partial charge < -0.3 is 10.1 Å². The highest BCUT2D eigenvalue weighted by molar-refractivity contribution is 5.93. The molecule has 0 radical (unpaired) electrons. The van der Waals surface area contributed by atoms with Gasteiger partial charge in [-0.1, -0.05) is 0 Å². The number of fused-ring (bicyclic) bond motifs is 1. The Morgan fingerprint density at radius 1 is 1.29 bits per heavy atom. The summed E-state index contributed by atoms with van der Waals surface area (Å²) < 4.78 is 1.79. The SMILES string of the molecule is Cn1cc(-c2c[nH]c3ncc([C@H]4CC[C@H](C(=O)O)CC4)cc23)cn1. The topological polar surface area (TPSA) is 83.8 Å². The quantitative estimate of drug-likeness (QED) is 0.774. The van der Waals surface area contributed by atoms with Crippen LogP contribution in [0.15, 0.2) is 30.9 Å². The molecule has 3 aromatic rings. The minimum Gasteiger partial charge on any atom is -0.481 e. The molecule has 2 N–H and O–H groups in total. The van der Waals surface area contributed by atoms with Gasteiger partial charge in [0.05, 0.1) is 12.1 Å². The van der Waals surface area contributed by atoms with Crippen LogP contribution in [-0.4, -0.2) is 30.8 Å². The van der Waals surface area contributed by atoms with E-state index in [4.69, 9.17) is 5.11 Å². The van der Waals surface area contributed by atoms with E-state index in [1.165, 1.54) is 5.56 Å². The van der Waals surface area contributed by atoms with Crippen LogP contribution in [-0.2, 0) is 11.8 Å². The van der Waals surface area contributed by atoms with Crippen LogP contribution in [0.4, 0.5) is 0 Å². The van der Waals surface area contributed by atoms with E-state index in [1.807, 2.05) is 31.8 Å². The van der Waals surface area contributed by atoms with E-state index in [0.717, 1.165) is 47.8 Å². The summed E-state index contributed by atoms with van der Waals surface area (Å²) in [6.07, 6.45) is 11.1. The highest BCUT2D eigenvalue weighted by Crippen LogP contribution is 2.37. The van der Waals surface area contributed by atoms with Crippen molar-refractivity contribution in [1.29, 1.82) is 0 Å². The summed E-state index contributed by atoms with van der Waals surface area (Å²) in [5, 5.41) is 14.5. The third-order valence-corrected chi connectivity index (χ3v) is 5.12. The van der Waals surface area contributed by atoms with Crippen LogP contribution in [0, 0.1) is 5.92 Å². The van der Waals surface area contributed by atoms with Crippen molar-refractivity contribution >= 4 is 17.0 Å². The lowest BCUT2D eigenvalue weighted by molar-refractivity contribution is -0.142. The Bertz CT molecular complexity index is 887. The molecule has 124 valence electrons. The first-order chi connectivity index (χ1) is 11.6. The van der Waals surface area contributed by atoms with Gasteiger partial charge >= 0.3 is 5.97 Å². The molecule has 0 unspecified atom stereocenters. The summed E-state index contributed by atoms with van der Waals surface area (Å²) in [5.74, 6) is -0.447. The van der Waals surface area contributed by atoms with Crippen LogP contribution in [0.3, 0.4) is 0 Å². The number of aliphatic carboxylic acids is 1. The number of rotatable bonds is 3. The molecule has 0 amide bonds. The average molecular weight is 324 g/mol. The van der Waals surface area contributed by atoms with Crippen LogP contribution in [0.5, 0.6) is 0 Å². The van der Waals surface area contributed by atoms with Gasteiger partial charge in [-0.3, -0.25) is 9.48 Å². The molecule has 0 bridgehead atoms. The standard InChI is InChI=1S/C18H20N4O2/c1-22-10-14(8-21-22)16-9-20-17-15(16)6-13(7-19-17)11-2-4-12(5-3-11)18(23)24/h6-12H,2-5H2,1H3,(H,19,20)(H,23,24)/t11-,12-. The average Bonchev–Trinajstić information content (AvgIpc) is 3.20. The van der Waals surface area contributed by atoms with Crippen LogP contribution < -0.4 is 0 Å². The summed E-state index contributed by atoms with van der Waals surface area (Å²) >= 11 is 0. The summed E-state index contributed by atoms with van der Waals surface area (Å²) in [7, 11) is 1.91. The fourth-order valence-electron chi connectivity index (χ4n) is 3.72. The molecule has 6 heteroatoms. The normalized spacial score (nSPS) is 21.2. The van der Waals surface area contributed by atoms with E-state index in [-0.39, 0.29) is 5.92 Å². The summed E-state index contributed by atoms with van der Waals surface area (Å²) in [4.78, 5) is 18.9. The zero-order valence-corrected chi connectivity index (χ0v) is 13.6. The van der Waals surface area contributed by atoms with Crippen molar-refractivity contribution in [3.05, 3.63) is 36.4 Å². The summed E-state index contributed by atoms with van der Waals surface area (Å²) in [6.45, 7) is 0. The summed E-state index contributed by atoms with van der Waals surface area (Å²) in [6, 6.07) is 2.20. The lowest BCUT2D eigenvalue weighted by Crippen LogP contribution is -2.20. The van der Waals surface area contributed by atoms with Gasteiger partial charge in [0, 0.05) is 42.2 Å². The number of aromatic amines is 1. The highest BCUT2D eigenvalue weighted by Gasteiger charge is 2.27. The maximum atomic E-state index is 11.1. The Hall–Kier alpha value is -2.63. The van der Waals surface area contributed by atoms with E-state index in [9.17, 15) is 4.79 Å². The van der Waals surface area contributed by atoms with Crippen LogP contribution >= 0.6 is 0 Å². The second-order valence-corrected chi connectivity index (χ2v) is 6.66. The van der Waals surface area contributed by atoms with Gasteiger partial charge in [-0.2, -0.15) is 5.10 Å². The number of aryl methyl sites for hydroxylation is 1. The minimum atomic E-state index is -0.661. The van der Waals surface area contributed by atoms with Crippen molar-refractivity contribution in [2.24, 2.45) is 13.0 Å². The van der Waals surface area contributed by atoms with Gasteiger partial charge in [-0.25, -0.2) is 4.98 Å². The van der Waals surface area contributed by atoms with Crippen LogP contribution in [0.2, 0.25) is 0 Å². The Labute approximate surface area is 139 Å². The molecule has 24 heavy (non-hydrogen) atoms. The van der Waals surface area contributed by atoms with Gasteiger partial charge in [0.25, 0.3) is 0 Å². The fourth-order valence-corrected chi connectivity index (χ4v) is 3.72. The second kappa shape index (κ2) is 5.78. The number of pyridine rings is 1. The Balaban J connectivity index is 1.65. The number of nitrogens with zero attached hydrogens (tertiary/aromatic N) is 3. The number of hydrogen-bond acceptors (Lipinski definition) is 3. The van der Waals surface area contributed by atoms with Crippen molar-refractivity contribution in [2.45, 2.75) is 31.6 Å². The van der Waals surface area contributed by atoms with Gasteiger partial charge in [0.2, 0.25) is 0 Å². The molecule has 1 fully saturated rings. The molecule has 1 aliphatic carbocycles. The molecule has 1 aliphatic rings. The number of carboxylic acid groups (broad SMARTS) is 1. The highest BCUT2D eigenvalue weighted by atomic mass is 16.4. The molecule has 3 aromatic heterocycles. The molecule has 6 nitrogen and oxygen atoms in total. The Morgan fingerprint density at radius 3 is 2.75 bits per heavy atom. The number of nitrogens with one attached hydrogen (secondary N) is 1. The molecule has 4 rings (SSSR count). The lowest BCUT2D eigenvalue weighted by Gasteiger charge is -2.26. The molecule has 1 saturated carbocycles. The monoisotopic (exact) mass is 324 g/mol. The zero-order valence-electron chi connectivity index (χ0n) is 13.6. The molecule has 0 atom stereocenters. The van der Waals surface area contributed by atoms with Gasteiger partial charge in [0.15, 0.2) is 0 Å². The number of hydrogen-bond donors (Lipinski definition) is 2. The Morgan fingerprint density at radius 2 is 2.08 bits per heavy atom. The largest absolute Gasteiger partial charge is 0.481 e. The van der Waals surface area contributed by atoms with Crippen molar-refractivity contribution in [1.82, 2.24) is 19.7 Å². The van der Waals surface area contributed by atoms with Crippen molar-refractivity contribution < 1.29 is 9.90 Å². The number of carboxylic acids is 1. The number of carbonyl (C=O) groups is 1. The maximum Gasteiger partial charge on any atom is 0.306 e. The van der Waals surface area contributed by atoms with Crippen molar-refractivity contribution in [3.8, 4) is 11.1 Å². The first kappa shape index (κ1) is 14.9. The van der Waals surface area contributed by atoms with Gasteiger partial charge in [-0.15, -0.1) is 0 Å². The van der Waals surface area contributed by atoms with E-state index < -0.39 is 5.97 Å². The van der Waals surface area contributed by atoms with E-state index in [0.29, 0.717) is 5.92 Å². The Kier molecular flexibility index (Phi) is 3.59. The van der Waals surface area contributed by atoms with Gasteiger partial charge in [0.1, 0.15) is 5.65 Å². The number of aromatic nitrogens is 4. The maximum absolute atomic E-state index is 11.1. The third-order valence-electron chi connectivity index (χ3n) is 5.12. The van der Waals surface area contributed by atoms with Crippen LogP contribution in [0.25, 0.3) is 22.2 Å². The van der Waals surface area contributed by atoms with Crippen molar-refractivity contribution in [3.63, 3.8) is 0 Å². The molecule has 0 aliphatic heterocycles. The molecular formula is C18H20N4O2. The molecule has 0 aromatic carbocycles. The molecule has 0 saturated heterocycles. The lowest BCUT2D eigenvalue weighted by atomic mass is 9.79. The summed E-state index contributed by atoms with van der Waals surface area (Å²) in [5.41, 5.74) is 4.25. The van der Waals surface area contributed by atoms with Crippen LogP contribution in [0.1, 0.15) is 37.2 Å². The second-order valence-electron chi connectivity index (χ2n) is 6.66. The zero-order chi connectivity index (χ0) is 16.7. The molecule has 0 spiro atoms. The van der Waals surface area contributed by atoms with E-state index >= 15 is 0 Å². The van der Waals surface area contributed by atoms with Gasteiger partial charge in [-0.05, 0) is 43.2 Å². The van der Waals surface area contributed by atoms with E-state index in [2.05, 4.69) is 21.1 Å². The predicted octanol–water partition coefficient (Wildman–Crippen LogP) is 3.32. The number of H-pyrrole nitrogens is 1. The first-order valence-electron chi connectivity index (χ1n) is 8.30. The smallest absolute Gasteiger partial charge is 0.306 e. The molecule has 3 heterocycles. The van der Waals surface area contributed by atoms with E-state index in [1.54, 1.807) is 4.68 Å². The fraction of sp³-hybridized carbons (Fsp3) is 0.389.